The van der Waals surface area contributed by atoms with Gasteiger partial charge in [0, 0.05) is 22.8 Å². The third kappa shape index (κ3) is 2.76. The van der Waals surface area contributed by atoms with Gasteiger partial charge < -0.3 is 9.47 Å². The molecule has 0 aliphatic heterocycles. The lowest BCUT2D eigenvalue weighted by molar-refractivity contribution is -0.385. The minimum absolute atomic E-state index is 0.126. The van der Waals surface area contributed by atoms with E-state index in [1.54, 1.807) is 37.3 Å². The fourth-order valence-corrected chi connectivity index (χ4v) is 2.26. The number of carbonyl (C=O) groups excluding carboxylic acids is 1. The van der Waals surface area contributed by atoms with Gasteiger partial charge in [0.15, 0.2) is 0 Å². The Bertz CT molecular complexity index is 739. The lowest BCUT2D eigenvalue weighted by atomic mass is 9.95. The Morgan fingerprint density at radius 2 is 1.82 bits per heavy atom. The average molecular weight is 301 g/mol. The van der Waals surface area contributed by atoms with Gasteiger partial charge in [0.2, 0.25) is 0 Å². The summed E-state index contributed by atoms with van der Waals surface area (Å²) in [6.45, 7) is 1.62. The Labute approximate surface area is 127 Å². The van der Waals surface area contributed by atoms with Crippen molar-refractivity contribution in [1.29, 1.82) is 0 Å². The zero-order valence-corrected chi connectivity index (χ0v) is 12.5. The number of esters is 1. The van der Waals surface area contributed by atoms with Crippen LogP contribution in [0.1, 0.15) is 15.9 Å². The maximum atomic E-state index is 12.0. The van der Waals surface area contributed by atoms with Gasteiger partial charge in [-0.15, -0.1) is 0 Å². The van der Waals surface area contributed by atoms with E-state index >= 15 is 0 Å². The van der Waals surface area contributed by atoms with Crippen LogP contribution in [0.15, 0.2) is 36.4 Å². The smallest absolute Gasteiger partial charge is 0.338 e. The molecule has 0 saturated carbocycles. The van der Waals surface area contributed by atoms with E-state index in [1.807, 2.05) is 0 Å². The minimum Gasteiger partial charge on any atom is -0.496 e. The molecule has 0 amide bonds. The van der Waals surface area contributed by atoms with Crippen molar-refractivity contribution < 1.29 is 19.2 Å². The fourth-order valence-electron chi connectivity index (χ4n) is 2.26. The minimum atomic E-state index is -0.635. The molecule has 0 N–H and O–H groups in total. The predicted molar refractivity (Wildman–Crippen MR) is 81.2 cm³/mol. The van der Waals surface area contributed by atoms with Gasteiger partial charge in [0.25, 0.3) is 5.69 Å². The van der Waals surface area contributed by atoms with Crippen LogP contribution in [0.2, 0.25) is 0 Å². The summed E-state index contributed by atoms with van der Waals surface area (Å²) in [7, 11) is 2.76. The molecular formula is C16H15NO5. The van der Waals surface area contributed by atoms with Gasteiger partial charge in [0.05, 0.1) is 24.7 Å². The van der Waals surface area contributed by atoms with E-state index in [1.165, 1.54) is 20.3 Å². The van der Waals surface area contributed by atoms with Crippen LogP contribution in [0.5, 0.6) is 5.75 Å². The van der Waals surface area contributed by atoms with Crippen molar-refractivity contribution in [2.45, 2.75) is 6.92 Å². The molecular weight excluding hydrogens is 286 g/mol. The molecule has 6 heteroatoms. The van der Waals surface area contributed by atoms with E-state index in [0.29, 0.717) is 22.4 Å². The number of hydrogen-bond acceptors (Lipinski definition) is 5. The average Bonchev–Trinajstić information content (AvgIpc) is 2.53. The van der Waals surface area contributed by atoms with Gasteiger partial charge in [-0.1, -0.05) is 18.2 Å². The number of rotatable bonds is 4. The topological polar surface area (TPSA) is 78.7 Å². The van der Waals surface area contributed by atoms with Gasteiger partial charge in [-0.25, -0.2) is 4.79 Å². The molecule has 0 bridgehead atoms. The van der Waals surface area contributed by atoms with Crippen molar-refractivity contribution in [3.63, 3.8) is 0 Å². The fraction of sp³-hybridized carbons (Fsp3) is 0.188. The molecule has 0 aliphatic carbocycles. The summed E-state index contributed by atoms with van der Waals surface area (Å²) in [6.07, 6.45) is 0. The van der Waals surface area contributed by atoms with Crippen LogP contribution in [0.4, 0.5) is 5.69 Å². The summed E-state index contributed by atoms with van der Waals surface area (Å²) in [5.74, 6) is -0.0649. The Morgan fingerprint density at radius 1 is 1.14 bits per heavy atom. The predicted octanol–water partition coefficient (Wildman–Crippen LogP) is 3.37. The molecule has 0 heterocycles. The highest BCUT2D eigenvalue weighted by Gasteiger charge is 2.22. The maximum Gasteiger partial charge on any atom is 0.338 e. The first-order valence-electron chi connectivity index (χ1n) is 6.50. The SMILES string of the molecule is COC(=O)c1cc([N+](=O)[O-])c(C)cc1-c1ccccc1OC. The number of hydrogen-bond donors (Lipinski definition) is 0. The van der Waals surface area contributed by atoms with Crippen molar-refractivity contribution in [2.75, 3.05) is 14.2 Å². The highest BCUT2D eigenvalue weighted by atomic mass is 16.6. The molecule has 6 nitrogen and oxygen atoms in total. The molecule has 2 rings (SSSR count). The van der Waals surface area contributed by atoms with Crippen LogP contribution in [0.3, 0.4) is 0 Å². The van der Waals surface area contributed by atoms with Crippen molar-refractivity contribution >= 4 is 11.7 Å². The number of aryl methyl sites for hydroxylation is 1. The zero-order valence-electron chi connectivity index (χ0n) is 12.5. The molecule has 114 valence electrons. The Hall–Kier alpha value is -2.89. The van der Waals surface area contributed by atoms with Crippen LogP contribution < -0.4 is 4.74 Å². The van der Waals surface area contributed by atoms with Crippen LogP contribution >= 0.6 is 0 Å². The van der Waals surface area contributed by atoms with E-state index in [4.69, 9.17) is 9.47 Å². The standard InChI is InChI=1S/C16H15NO5/c1-10-8-12(11-6-4-5-7-15(11)21-2)13(16(18)22-3)9-14(10)17(19)20/h4-9H,1-3H3. The summed E-state index contributed by atoms with van der Waals surface area (Å²) in [4.78, 5) is 22.6. The highest BCUT2D eigenvalue weighted by molar-refractivity contribution is 5.99. The number of benzene rings is 2. The van der Waals surface area contributed by atoms with Crippen LogP contribution in [-0.2, 0) is 4.74 Å². The maximum absolute atomic E-state index is 12.0. The molecule has 0 atom stereocenters. The Balaban J connectivity index is 2.77. The number of carbonyl (C=O) groups is 1. The second kappa shape index (κ2) is 6.26. The summed E-state index contributed by atoms with van der Waals surface area (Å²) >= 11 is 0. The molecule has 0 unspecified atom stereocenters. The van der Waals surface area contributed by atoms with Crippen LogP contribution in [0, 0.1) is 17.0 Å². The highest BCUT2D eigenvalue weighted by Crippen LogP contribution is 2.36. The zero-order chi connectivity index (χ0) is 16.3. The third-order valence-corrected chi connectivity index (χ3v) is 3.34. The van der Waals surface area contributed by atoms with Crippen molar-refractivity contribution in [1.82, 2.24) is 0 Å². The van der Waals surface area contributed by atoms with E-state index in [2.05, 4.69) is 0 Å². The van der Waals surface area contributed by atoms with Gasteiger partial charge in [-0.2, -0.15) is 0 Å². The van der Waals surface area contributed by atoms with Crippen molar-refractivity contribution in [2.24, 2.45) is 0 Å². The molecule has 0 fully saturated rings. The summed E-state index contributed by atoms with van der Waals surface area (Å²) in [5.41, 5.74) is 1.66. The summed E-state index contributed by atoms with van der Waals surface area (Å²) in [6, 6.07) is 9.98. The van der Waals surface area contributed by atoms with E-state index in [9.17, 15) is 14.9 Å². The number of nitro benzene ring substituents is 1. The Kier molecular flexibility index (Phi) is 4.41. The number of nitro groups is 1. The van der Waals surface area contributed by atoms with Gasteiger partial charge in [-0.3, -0.25) is 10.1 Å². The molecule has 0 aliphatic rings. The Morgan fingerprint density at radius 3 is 2.41 bits per heavy atom. The number of nitrogens with zero attached hydrogens (tertiary/aromatic N) is 1. The molecule has 0 saturated heterocycles. The van der Waals surface area contributed by atoms with E-state index < -0.39 is 10.9 Å². The molecule has 22 heavy (non-hydrogen) atoms. The largest absolute Gasteiger partial charge is 0.496 e. The van der Waals surface area contributed by atoms with Gasteiger partial charge in [-0.05, 0) is 19.1 Å². The monoisotopic (exact) mass is 301 g/mol. The molecule has 0 spiro atoms. The molecule has 2 aromatic rings. The normalized spacial score (nSPS) is 10.1. The molecule has 0 radical (unpaired) electrons. The first-order chi connectivity index (χ1) is 10.5. The molecule has 0 aromatic heterocycles. The quantitative estimate of drug-likeness (QED) is 0.491. The van der Waals surface area contributed by atoms with Crippen LogP contribution in [-0.4, -0.2) is 25.1 Å². The second-order valence-electron chi connectivity index (χ2n) is 4.63. The summed E-state index contributed by atoms with van der Waals surface area (Å²) in [5, 5.41) is 11.1. The van der Waals surface area contributed by atoms with Gasteiger partial charge >= 0.3 is 5.97 Å². The number of methoxy groups -OCH3 is 2. The number of para-hydroxylation sites is 1. The first kappa shape index (κ1) is 15.5. The van der Waals surface area contributed by atoms with Crippen molar-refractivity contribution in [3.8, 4) is 16.9 Å². The lowest BCUT2D eigenvalue weighted by Crippen LogP contribution is -2.06. The van der Waals surface area contributed by atoms with E-state index in [-0.39, 0.29) is 11.3 Å². The van der Waals surface area contributed by atoms with Gasteiger partial charge in [0.1, 0.15) is 5.75 Å². The second-order valence-corrected chi connectivity index (χ2v) is 4.63. The lowest BCUT2D eigenvalue weighted by Gasteiger charge is -2.13. The number of ether oxygens (including phenoxy) is 2. The van der Waals surface area contributed by atoms with Crippen molar-refractivity contribution in [3.05, 3.63) is 57.6 Å². The third-order valence-electron chi connectivity index (χ3n) is 3.34. The summed E-state index contributed by atoms with van der Waals surface area (Å²) < 4.78 is 10.0. The molecule has 2 aromatic carbocycles. The van der Waals surface area contributed by atoms with Crippen LogP contribution in [0.25, 0.3) is 11.1 Å². The first-order valence-corrected chi connectivity index (χ1v) is 6.50. The van der Waals surface area contributed by atoms with E-state index in [0.717, 1.165) is 0 Å².